The van der Waals surface area contributed by atoms with Crippen LogP contribution in [0.4, 0.5) is 0 Å². The predicted octanol–water partition coefficient (Wildman–Crippen LogP) is 0.274. The summed E-state index contributed by atoms with van der Waals surface area (Å²) in [5.74, 6) is 0. The predicted molar refractivity (Wildman–Crippen MR) is 34.3 cm³/mol. The van der Waals surface area contributed by atoms with Crippen molar-refractivity contribution in [2.45, 2.75) is 6.92 Å². The zero-order chi connectivity index (χ0) is 7.82. The van der Waals surface area contributed by atoms with Crippen LogP contribution in [-0.2, 0) is 9.47 Å². The van der Waals surface area contributed by atoms with E-state index < -0.39 is 0 Å². The highest BCUT2D eigenvalue weighted by atomic mass is 16.7. The molecule has 10 heavy (non-hydrogen) atoms. The molecule has 0 atom stereocenters. The van der Waals surface area contributed by atoms with Gasteiger partial charge in [0.15, 0.2) is 0 Å². The third-order valence-electron chi connectivity index (χ3n) is 0.797. The Bertz CT molecular complexity index is 84.0. The number of rotatable bonds is 1. The Hall–Kier alpha value is -0.680. The third-order valence-corrected chi connectivity index (χ3v) is 0.797. The molecule has 1 rings (SSSR count). The molecule has 1 saturated heterocycles. The maximum absolute atomic E-state index is 9.17. The van der Waals surface area contributed by atoms with Gasteiger partial charge < -0.3 is 9.47 Å². The number of nitrogens with zero attached hydrogens (tertiary/aromatic N) is 1. The van der Waals surface area contributed by atoms with Crippen LogP contribution in [0.2, 0.25) is 0 Å². The van der Waals surface area contributed by atoms with Gasteiger partial charge in [0.25, 0.3) is 0 Å². The van der Waals surface area contributed by atoms with E-state index >= 15 is 0 Å². The fourth-order valence-electron chi connectivity index (χ4n) is 0.295. The van der Waals surface area contributed by atoms with Gasteiger partial charge >= 0.3 is 0 Å². The molecule has 0 radical (unpaired) electrons. The monoisotopic (exact) mass is 149 g/mol. The van der Waals surface area contributed by atoms with Crippen molar-refractivity contribution in [3.63, 3.8) is 0 Å². The molecular formula is C5H11NO4. The van der Waals surface area contributed by atoms with E-state index in [9.17, 15) is 10.1 Å². The van der Waals surface area contributed by atoms with Gasteiger partial charge in [-0.2, -0.15) is 0 Å². The van der Waals surface area contributed by atoms with Crippen LogP contribution in [0.15, 0.2) is 0 Å². The highest BCUT2D eigenvalue weighted by Crippen LogP contribution is 1.85. The van der Waals surface area contributed by atoms with Gasteiger partial charge in [-0.3, -0.25) is 10.1 Å². The van der Waals surface area contributed by atoms with E-state index in [-0.39, 0.29) is 11.5 Å². The van der Waals surface area contributed by atoms with Crippen LogP contribution in [0.1, 0.15) is 6.92 Å². The van der Waals surface area contributed by atoms with Gasteiger partial charge in [0.2, 0.25) is 6.54 Å². The molecule has 1 aliphatic heterocycles. The molecule has 60 valence electrons. The standard InChI is InChI=1S/C3H6O2.C2H5NO2/c1-2-5-3-4-1;1-2-3(4)5/h1-3H2;2H2,1H3. The first-order valence-corrected chi connectivity index (χ1v) is 3.04. The second-order valence-electron chi connectivity index (χ2n) is 1.58. The molecule has 0 aromatic carbocycles. The summed E-state index contributed by atoms with van der Waals surface area (Å²) in [6.45, 7) is 3.58. The Morgan fingerprint density at radius 3 is 2.00 bits per heavy atom. The topological polar surface area (TPSA) is 61.6 Å². The molecule has 0 aliphatic carbocycles. The Morgan fingerprint density at radius 2 is 1.90 bits per heavy atom. The lowest BCUT2D eigenvalue weighted by atomic mass is 10.8. The van der Waals surface area contributed by atoms with Crippen molar-refractivity contribution in [1.29, 1.82) is 0 Å². The molecule has 0 saturated carbocycles. The van der Waals surface area contributed by atoms with Crippen LogP contribution < -0.4 is 0 Å². The third kappa shape index (κ3) is 7.32. The van der Waals surface area contributed by atoms with Crippen molar-refractivity contribution < 1.29 is 14.4 Å². The maximum atomic E-state index is 9.17. The average molecular weight is 149 g/mol. The lowest BCUT2D eigenvalue weighted by molar-refractivity contribution is -0.475. The smallest absolute Gasteiger partial charge is 0.201 e. The Kier molecular flexibility index (Phi) is 6.00. The van der Waals surface area contributed by atoms with E-state index in [4.69, 9.17) is 9.47 Å². The second kappa shape index (κ2) is 6.44. The first kappa shape index (κ1) is 9.32. The minimum Gasteiger partial charge on any atom is -0.353 e. The first-order valence-electron chi connectivity index (χ1n) is 3.04. The van der Waals surface area contributed by atoms with Gasteiger partial charge in [-0.1, -0.05) is 0 Å². The Balaban J connectivity index is 0.000000162. The van der Waals surface area contributed by atoms with E-state index in [0.717, 1.165) is 13.2 Å². The maximum Gasteiger partial charge on any atom is 0.201 e. The summed E-state index contributed by atoms with van der Waals surface area (Å²) in [6, 6.07) is 0. The van der Waals surface area contributed by atoms with E-state index in [1.165, 1.54) is 6.92 Å². The molecule has 1 fully saturated rings. The zero-order valence-electron chi connectivity index (χ0n) is 5.91. The van der Waals surface area contributed by atoms with E-state index in [2.05, 4.69) is 0 Å². The quantitative estimate of drug-likeness (QED) is 0.396. The average Bonchev–Trinajstić information content (AvgIpc) is 2.43. The normalized spacial score (nSPS) is 15.7. The highest BCUT2D eigenvalue weighted by molar-refractivity contribution is 4.28. The fraction of sp³-hybridized carbons (Fsp3) is 1.00. The number of ether oxygens (including phenoxy) is 2. The lowest BCUT2D eigenvalue weighted by Crippen LogP contribution is -1.92. The van der Waals surface area contributed by atoms with Gasteiger partial charge in [0, 0.05) is 11.8 Å². The molecule has 0 unspecified atom stereocenters. The second-order valence-corrected chi connectivity index (χ2v) is 1.58. The van der Waals surface area contributed by atoms with Gasteiger partial charge in [-0.05, 0) is 0 Å². The molecule has 0 N–H and O–H groups in total. The van der Waals surface area contributed by atoms with E-state index in [0.29, 0.717) is 6.79 Å². The molecule has 1 aliphatic rings. The van der Waals surface area contributed by atoms with E-state index in [1.54, 1.807) is 0 Å². The first-order chi connectivity index (χ1) is 4.77. The molecule has 0 aromatic rings. The van der Waals surface area contributed by atoms with Crippen LogP contribution in [-0.4, -0.2) is 31.5 Å². The SMILES string of the molecule is C1COCO1.CC[N+](=O)[O-]. The van der Waals surface area contributed by atoms with Gasteiger partial charge in [0.1, 0.15) is 6.79 Å². The van der Waals surface area contributed by atoms with E-state index in [1.807, 2.05) is 0 Å². The molecule has 0 bridgehead atoms. The largest absolute Gasteiger partial charge is 0.353 e. The Morgan fingerprint density at radius 1 is 1.50 bits per heavy atom. The van der Waals surface area contributed by atoms with Crippen LogP contribution in [0.5, 0.6) is 0 Å². The lowest BCUT2D eigenvalue weighted by Gasteiger charge is -1.76. The van der Waals surface area contributed by atoms with Crippen molar-refractivity contribution in [3.05, 3.63) is 10.1 Å². The number of hydrogen-bond acceptors (Lipinski definition) is 4. The summed E-state index contributed by atoms with van der Waals surface area (Å²) in [6.07, 6.45) is 0. The van der Waals surface area contributed by atoms with Gasteiger partial charge in [-0.15, -0.1) is 0 Å². The van der Waals surface area contributed by atoms with Gasteiger partial charge in [0.05, 0.1) is 13.2 Å². The summed E-state index contributed by atoms with van der Waals surface area (Å²) >= 11 is 0. The Labute approximate surface area is 59.1 Å². The summed E-state index contributed by atoms with van der Waals surface area (Å²) in [4.78, 5) is 8.80. The minimum absolute atomic E-state index is 0.0278. The minimum atomic E-state index is -0.375. The molecule has 0 amide bonds. The summed E-state index contributed by atoms with van der Waals surface area (Å²) in [5.41, 5.74) is 0. The van der Waals surface area contributed by atoms with Gasteiger partial charge in [-0.25, -0.2) is 0 Å². The van der Waals surface area contributed by atoms with Crippen molar-refractivity contribution >= 4 is 0 Å². The zero-order valence-corrected chi connectivity index (χ0v) is 5.91. The molecule has 0 spiro atoms. The molecular weight excluding hydrogens is 138 g/mol. The molecule has 1 heterocycles. The highest BCUT2D eigenvalue weighted by Gasteiger charge is 1.93. The summed E-state index contributed by atoms with van der Waals surface area (Å²) < 4.78 is 9.44. The summed E-state index contributed by atoms with van der Waals surface area (Å²) in [5, 5.41) is 9.17. The van der Waals surface area contributed by atoms with Crippen LogP contribution in [0, 0.1) is 10.1 Å². The van der Waals surface area contributed by atoms with Crippen molar-refractivity contribution in [2.75, 3.05) is 26.6 Å². The number of nitro groups is 1. The van der Waals surface area contributed by atoms with Crippen LogP contribution in [0.25, 0.3) is 0 Å². The van der Waals surface area contributed by atoms with Crippen LogP contribution >= 0.6 is 0 Å². The number of hydrogen-bond donors (Lipinski definition) is 0. The van der Waals surface area contributed by atoms with Crippen molar-refractivity contribution in [3.8, 4) is 0 Å². The molecule has 5 heteroatoms. The molecule has 0 aromatic heterocycles. The van der Waals surface area contributed by atoms with Crippen LogP contribution in [0.3, 0.4) is 0 Å². The summed E-state index contributed by atoms with van der Waals surface area (Å²) in [7, 11) is 0. The van der Waals surface area contributed by atoms with Crippen molar-refractivity contribution in [2.24, 2.45) is 0 Å². The fourth-order valence-corrected chi connectivity index (χ4v) is 0.295. The van der Waals surface area contributed by atoms with Crippen molar-refractivity contribution in [1.82, 2.24) is 0 Å². The molecule has 5 nitrogen and oxygen atoms in total.